The predicted octanol–water partition coefficient (Wildman–Crippen LogP) is -5.19. The lowest BCUT2D eigenvalue weighted by atomic mass is 9.88. The summed E-state index contributed by atoms with van der Waals surface area (Å²) in [5.74, 6) is -6.47. The Morgan fingerprint density at radius 1 is 1.02 bits per heavy atom. The molecule has 12 atom stereocenters. The number of amides is 2. The first-order valence-electron chi connectivity index (χ1n) is 19.7. The SMILES string of the molecule is C=C1N=C(N)C=CN1[C@@H]1OC(COP(=O)(O)O[C@@]2(C(=O)O)C[C@@H](O)[C@@H](NC(=O)CNC(=O)OCC(COCCOCCOC)OCCOCCOC)C([C@H](O)[C@H](O)CO)O2)[C@@H](O)[C@H]1O. The first kappa shape index (κ1) is 54.8. The van der Waals surface area contributed by atoms with E-state index in [4.69, 9.17) is 57.4 Å². The summed E-state index contributed by atoms with van der Waals surface area (Å²) in [5, 5.41) is 77.5. The van der Waals surface area contributed by atoms with Gasteiger partial charge < -0.3 is 105 Å². The summed E-state index contributed by atoms with van der Waals surface area (Å²) in [7, 11) is -2.58. The highest BCUT2D eigenvalue weighted by atomic mass is 31.2. The highest BCUT2D eigenvalue weighted by molar-refractivity contribution is 7.47. The smallest absolute Gasteiger partial charge is 0.475 e. The van der Waals surface area contributed by atoms with Gasteiger partial charge in [0.25, 0.3) is 5.79 Å². The number of amidine groups is 1. The van der Waals surface area contributed by atoms with Crippen LogP contribution in [0.1, 0.15) is 6.42 Å². The van der Waals surface area contributed by atoms with Crippen molar-refractivity contribution < 1.29 is 111 Å². The van der Waals surface area contributed by atoms with Crippen molar-refractivity contribution in [3.8, 4) is 0 Å². The molecule has 368 valence electrons. The third-order valence-electron chi connectivity index (χ3n) is 9.30. The molecule has 0 radical (unpaired) electrons. The molecule has 0 aromatic carbocycles. The lowest BCUT2D eigenvalue weighted by molar-refractivity contribution is -0.289. The minimum absolute atomic E-state index is 0.0165. The lowest BCUT2D eigenvalue weighted by Crippen LogP contribution is -2.68. The second kappa shape index (κ2) is 27.2. The van der Waals surface area contributed by atoms with Crippen molar-refractivity contribution in [2.45, 2.75) is 73.3 Å². The maximum Gasteiger partial charge on any atom is 0.475 e. The van der Waals surface area contributed by atoms with Crippen LogP contribution in [0.25, 0.3) is 0 Å². The molecule has 3 rings (SSSR count). The number of alkyl carbamates (subject to hydrolysis) is 1. The van der Waals surface area contributed by atoms with E-state index in [-0.39, 0.29) is 51.3 Å². The van der Waals surface area contributed by atoms with Crippen LogP contribution < -0.4 is 16.4 Å². The van der Waals surface area contributed by atoms with Crippen LogP contribution >= 0.6 is 7.82 Å². The minimum Gasteiger partial charge on any atom is -0.477 e. The second-order valence-corrected chi connectivity index (χ2v) is 15.4. The largest absolute Gasteiger partial charge is 0.477 e. The van der Waals surface area contributed by atoms with E-state index >= 15 is 0 Å². The standard InChI is InChI=1S/C35H60N5O23P/c1-20-38-25(36)4-5-40(20)32-30(47)29(46)24(61-32)19-60-64(51,52)63-35(33(48)49)14-22(42)27(31(62-35)28(45)23(43)16-41)39-26(44)15-37-34(50)59-18-21(58-13-12-56-9-7-54-3)17-57-11-10-55-8-6-53-2/h4-5,21-24,27-32,41-43,45-47H,1,6-19H2,2-3H3,(H2,36,38)(H,37,50)(H,39,44)(H,48,49)(H,51,52)/t21?,22-,23-,24?,27-,28-,29-,30-,31?,32-,35-/m1/s1. The number of methoxy groups -OCH3 is 2. The predicted molar refractivity (Wildman–Crippen MR) is 211 cm³/mol. The molecule has 0 bridgehead atoms. The molecule has 0 aromatic heterocycles. The molecule has 2 fully saturated rings. The first-order valence-corrected chi connectivity index (χ1v) is 21.2. The molecule has 3 aliphatic heterocycles. The number of hydrogen-bond acceptors (Lipinski definition) is 24. The number of carboxylic acid groups (broad SMARTS) is 1. The van der Waals surface area contributed by atoms with E-state index in [9.17, 15) is 59.6 Å². The van der Waals surface area contributed by atoms with Gasteiger partial charge in [-0.2, -0.15) is 0 Å². The Balaban J connectivity index is 1.61. The third kappa shape index (κ3) is 17.1. The van der Waals surface area contributed by atoms with Crippen LogP contribution in [0.15, 0.2) is 29.7 Å². The topological polar surface area (TPSA) is 397 Å². The van der Waals surface area contributed by atoms with E-state index in [1.165, 1.54) is 31.4 Å². The normalized spacial score (nSPS) is 28.2. The molecule has 0 spiro atoms. The number of aliphatic imine (C=N–C) groups is 1. The number of carbonyl (C=O) groups excluding carboxylic acids is 2. The Hall–Kier alpha value is -3.49. The van der Waals surface area contributed by atoms with Crippen LogP contribution in [-0.2, 0) is 65.8 Å². The Kier molecular flexibility index (Phi) is 23.3. The summed E-state index contributed by atoms with van der Waals surface area (Å²) in [6, 6.07) is -1.82. The Morgan fingerprint density at radius 3 is 2.28 bits per heavy atom. The van der Waals surface area contributed by atoms with E-state index in [0.29, 0.717) is 26.4 Å². The van der Waals surface area contributed by atoms with Gasteiger partial charge in [-0.15, -0.1) is 0 Å². The van der Waals surface area contributed by atoms with Gasteiger partial charge in [0.1, 0.15) is 67.5 Å². The van der Waals surface area contributed by atoms with Crippen molar-refractivity contribution >= 4 is 31.6 Å². The van der Waals surface area contributed by atoms with E-state index < -0.39 is 119 Å². The molecular formula is C35H60N5O23P. The molecule has 0 aromatic rings. The maximum atomic E-state index is 13.2. The van der Waals surface area contributed by atoms with Crippen molar-refractivity contribution in [3.63, 3.8) is 0 Å². The highest BCUT2D eigenvalue weighted by Gasteiger charge is 2.59. The molecule has 0 aliphatic carbocycles. The molecule has 2 saturated heterocycles. The Labute approximate surface area is 366 Å². The Bertz CT molecular complexity index is 1600. The number of phosphoric acid groups is 1. The van der Waals surface area contributed by atoms with Crippen molar-refractivity contribution in [3.05, 3.63) is 24.7 Å². The third-order valence-corrected chi connectivity index (χ3v) is 10.3. The van der Waals surface area contributed by atoms with Crippen LogP contribution in [0.3, 0.4) is 0 Å². The fourth-order valence-corrected chi connectivity index (χ4v) is 6.99. The monoisotopic (exact) mass is 949 g/mol. The van der Waals surface area contributed by atoms with Gasteiger partial charge in [0, 0.05) is 26.8 Å². The number of nitrogens with one attached hydrogen (secondary N) is 2. The van der Waals surface area contributed by atoms with Gasteiger partial charge in [-0.3, -0.25) is 9.32 Å². The zero-order valence-corrected chi connectivity index (χ0v) is 36.0. The lowest BCUT2D eigenvalue weighted by Gasteiger charge is -2.46. The van der Waals surface area contributed by atoms with Gasteiger partial charge in [-0.25, -0.2) is 23.7 Å². The number of nitrogens with two attached hydrogens (primary N) is 1. The molecule has 12 N–H and O–H groups in total. The van der Waals surface area contributed by atoms with Crippen LogP contribution in [0.4, 0.5) is 4.79 Å². The number of phosphoric ester groups is 1. The number of rotatable bonds is 30. The van der Waals surface area contributed by atoms with Crippen LogP contribution in [-0.4, -0.2) is 236 Å². The van der Waals surface area contributed by atoms with Gasteiger partial charge in [0.05, 0.1) is 84.8 Å². The minimum atomic E-state index is -5.63. The number of nitrogens with zero attached hydrogens (tertiary/aromatic N) is 2. The number of hydrogen-bond donors (Lipinski definition) is 11. The average molecular weight is 950 g/mol. The van der Waals surface area contributed by atoms with E-state index in [0.717, 1.165) is 0 Å². The van der Waals surface area contributed by atoms with Gasteiger partial charge in [0.15, 0.2) is 6.23 Å². The zero-order valence-electron chi connectivity index (χ0n) is 35.2. The number of carbonyl (C=O) groups is 3. The fourth-order valence-electron chi connectivity index (χ4n) is 6.03. The van der Waals surface area contributed by atoms with Crippen molar-refractivity contribution in [2.24, 2.45) is 10.7 Å². The van der Waals surface area contributed by atoms with Crippen molar-refractivity contribution in [1.82, 2.24) is 15.5 Å². The summed E-state index contributed by atoms with van der Waals surface area (Å²) in [4.78, 5) is 54.0. The van der Waals surface area contributed by atoms with Gasteiger partial charge in [-0.1, -0.05) is 6.58 Å². The molecule has 3 heterocycles. The molecule has 64 heavy (non-hydrogen) atoms. The molecule has 0 saturated carbocycles. The Morgan fingerprint density at radius 2 is 1.66 bits per heavy atom. The van der Waals surface area contributed by atoms with Crippen LogP contribution in [0.2, 0.25) is 0 Å². The quantitative estimate of drug-likeness (QED) is 0.0237. The molecule has 28 nitrogen and oxygen atoms in total. The van der Waals surface area contributed by atoms with Gasteiger partial charge in [-0.05, 0) is 6.08 Å². The van der Waals surface area contributed by atoms with Crippen LogP contribution in [0.5, 0.6) is 0 Å². The maximum absolute atomic E-state index is 13.2. The van der Waals surface area contributed by atoms with Gasteiger partial charge >= 0.3 is 19.9 Å². The van der Waals surface area contributed by atoms with E-state index in [2.05, 4.69) is 22.2 Å². The summed E-state index contributed by atoms with van der Waals surface area (Å²) in [5.41, 5.74) is 5.62. The molecular weight excluding hydrogens is 889 g/mol. The van der Waals surface area contributed by atoms with E-state index in [1.54, 1.807) is 0 Å². The summed E-state index contributed by atoms with van der Waals surface area (Å²) in [6.07, 6.45) is -15.4. The molecule has 4 unspecified atom stereocenters. The van der Waals surface area contributed by atoms with Crippen molar-refractivity contribution in [2.75, 3.05) is 100 Å². The number of aliphatic carboxylic acids is 1. The van der Waals surface area contributed by atoms with Crippen molar-refractivity contribution in [1.29, 1.82) is 0 Å². The second-order valence-electron chi connectivity index (χ2n) is 14.1. The summed E-state index contributed by atoms with van der Waals surface area (Å²) in [6.45, 7) is 2.49. The van der Waals surface area contributed by atoms with E-state index in [1.807, 2.05) is 0 Å². The summed E-state index contributed by atoms with van der Waals surface area (Å²) >= 11 is 0. The summed E-state index contributed by atoms with van der Waals surface area (Å²) < 4.78 is 70.9. The van der Waals surface area contributed by atoms with Crippen LogP contribution in [0, 0.1) is 0 Å². The average Bonchev–Trinajstić information content (AvgIpc) is 3.53. The number of ether oxygens (including phenoxy) is 9. The number of carboxylic acids is 1. The highest BCUT2D eigenvalue weighted by Crippen LogP contribution is 2.51. The zero-order chi connectivity index (χ0) is 47.5. The van der Waals surface area contributed by atoms with Gasteiger partial charge in [0.2, 0.25) is 5.91 Å². The fraction of sp³-hybridized carbons (Fsp3) is 0.771. The first-order chi connectivity index (χ1) is 30.4. The number of aliphatic hydroxyl groups is 6. The molecule has 3 aliphatic rings. The molecule has 2 amide bonds. The molecule has 29 heteroatoms. The number of aliphatic hydroxyl groups excluding tert-OH is 6.